The minimum Gasteiger partial charge on any atom is -0.449 e. The van der Waals surface area contributed by atoms with Crippen molar-refractivity contribution in [2.24, 2.45) is 0 Å². The second-order valence-electron chi connectivity index (χ2n) is 5.90. The number of nitrogens with one attached hydrogen (secondary N) is 1. The lowest BCUT2D eigenvalue weighted by Gasteiger charge is -2.18. The van der Waals surface area contributed by atoms with E-state index in [9.17, 15) is 9.59 Å². The number of fused-ring (bicyclic) bond motifs is 1. The lowest BCUT2D eigenvalue weighted by atomic mass is 9.90. The maximum absolute atomic E-state index is 12.1. The highest BCUT2D eigenvalue weighted by Crippen LogP contribution is 2.22. The summed E-state index contributed by atoms with van der Waals surface area (Å²) in [5, 5.41) is 2.73. The zero-order chi connectivity index (χ0) is 15.4. The van der Waals surface area contributed by atoms with Gasteiger partial charge in [0.25, 0.3) is 5.91 Å². The van der Waals surface area contributed by atoms with Gasteiger partial charge in [-0.25, -0.2) is 4.79 Å². The fourth-order valence-corrected chi connectivity index (χ4v) is 2.54. The quantitative estimate of drug-likeness (QED) is 0.867. The van der Waals surface area contributed by atoms with Gasteiger partial charge in [-0.3, -0.25) is 4.79 Å². The van der Waals surface area contributed by atoms with Gasteiger partial charge >= 0.3 is 5.97 Å². The lowest BCUT2D eigenvalue weighted by Crippen LogP contribution is -2.39. The van der Waals surface area contributed by atoms with Crippen LogP contribution in [0.25, 0.3) is 0 Å². The molecule has 0 radical (unpaired) electrons. The number of carbonyl (C=O) groups is 2. The van der Waals surface area contributed by atoms with Crippen molar-refractivity contribution in [3.8, 4) is 0 Å². The van der Waals surface area contributed by atoms with Crippen LogP contribution in [0.2, 0.25) is 0 Å². The topological polar surface area (TPSA) is 55.4 Å². The van der Waals surface area contributed by atoms with Gasteiger partial charge in [0.15, 0.2) is 6.10 Å². The van der Waals surface area contributed by atoms with Crippen LogP contribution in [0.3, 0.4) is 0 Å². The minimum absolute atomic E-state index is 0.0300. The van der Waals surface area contributed by atoms with Gasteiger partial charge in [-0.15, -0.1) is 0 Å². The number of aryl methyl sites for hydroxylation is 2. The number of carbonyl (C=O) groups excluding carboxylic acids is 2. The molecule has 4 heteroatoms. The molecule has 0 fully saturated rings. The molecule has 0 bridgehead atoms. The van der Waals surface area contributed by atoms with Crippen LogP contribution in [-0.4, -0.2) is 24.0 Å². The van der Waals surface area contributed by atoms with Gasteiger partial charge in [0, 0.05) is 6.04 Å². The maximum atomic E-state index is 12.1. The molecule has 1 N–H and O–H groups in total. The summed E-state index contributed by atoms with van der Waals surface area (Å²) in [7, 11) is 0. The van der Waals surface area contributed by atoms with Gasteiger partial charge in [0.1, 0.15) is 0 Å². The van der Waals surface area contributed by atoms with Gasteiger partial charge in [-0.05, 0) is 69.7 Å². The van der Waals surface area contributed by atoms with E-state index in [1.807, 2.05) is 26.0 Å². The van der Waals surface area contributed by atoms with Crippen molar-refractivity contribution >= 4 is 11.9 Å². The van der Waals surface area contributed by atoms with Crippen molar-refractivity contribution in [3.05, 3.63) is 34.9 Å². The number of hydrogen-bond acceptors (Lipinski definition) is 3. The first kappa shape index (κ1) is 15.5. The Morgan fingerprint density at radius 3 is 2.43 bits per heavy atom. The molecule has 0 spiro atoms. The summed E-state index contributed by atoms with van der Waals surface area (Å²) in [6.45, 7) is 5.33. The van der Waals surface area contributed by atoms with E-state index in [4.69, 9.17) is 4.74 Å². The molecule has 0 saturated heterocycles. The van der Waals surface area contributed by atoms with E-state index >= 15 is 0 Å². The summed E-state index contributed by atoms with van der Waals surface area (Å²) in [5.74, 6) is -0.703. The summed E-state index contributed by atoms with van der Waals surface area (Å²) < 4.78 is 5.24. The molecule has 0 aromatic heterocycles. The van der Waals surface area contributed by atoms with Crippen LogP contribution in [0.5, 0.6) is 0 Å². The molecular formula is C17H23NO3. The molecule has 0 saturated carbocycles. The molecule has 1 aromatic carbocycles. The highest BCUT2D eigenvalue weighted by Gasteiger charge is 2.20. The fourth-order valence-electron chi connectivity index (χ4n) is 2.54. The van der Waals surface area contributed by atoms with Crippen LogP contribution in [-0.2, 0) is 22.4 Å². The molecule has 21 heavy (non-hydrogen) atoms. The van der Waals surface area contributed by atoms with Gasteiger partial charge in [0.05, 0.1) is 5.56 Å². The Morgan fingerprint density at radius 2 is 1.76 bits per heavy atom. The van der Waals surface area contributed by atoms with Crippen LogP contribution in [0.1, 0.15) is 55.1 Å². The molecular weight excluding hydrogens is 266 g/mol. The van der Waals surface area contributed by atoms with Crippen LogP contribution in [0.4, 0.5) is 0 Å². The fraction of sp³-hybridized carbons (Fsp3) is 0.529. The molecule has 114 valence electrons. The number of benzene rings is 1. The summed E-state index contributed by atoms with van der Waals surface area (Å²) in [6, 6.07) is 5.73. The standard InChI is InChI=1S/C17H23NO3/c1-11(2)18-16(19)12(3)21-17(20)15-9-8-13-6-4-5-7-14(13)10-15/h8-12H,4-7H2,1-3H3,(H,18,19)/t12-/m0/s1. The van der Waals surface area contributed by atoms with Crippen molar-refractivity contribution in [1.29, 1.82) is 0 Å². The third-order valence-corrected chi connectivity index (χ3v) is 3.67. The van der Waals surface area contributed by atoms with Crippen molar-refractivity contribution in [2.45, 2.75) is 58.6 Å². The van der Waals surface area contributed by atoms with Crippen LogP contribution in [0.15, 0.2) is 18.2 Å². The van der Waals surface area contributed by atoms with Gasteiger partial charge in [-0.1, -0.05) is 6.07 Å². The molecule has 1 aliphatic rings. The van der Waals surface area contributed by atoms with Crippen molar-refractivity contribution < 1.29 is 14.3 Å². The third kappa shape index (κ3) is 4.06. The molecule has 1 aromatic rings. The number of ether oxygens (including phenoxy) is 1. The summed E-state index contributed by atoms with van der Waals surface area (Å²) in [4.78, 5) is 23.9. The van der Waals surface area contributed by atoms with E-state index in [0.29, 0.717) is 5.56 Å². The van der Waals surface area contributed by atoms with Crippen LogP contribution >= 0.6 is 0 Å². The predicted molar refractivity (Wildman–Crippen MR) is 81.2 cm³/mol. The maximum Gasteiger partial charge on any atom is 0.338 e. The highest BCUT2D eigenvalue weighted by molar-refractivity contribution is 5.92. The van der Waals surface area contributed by atoms with Crippen LogP contribution < -0.4 is 5.32 Å². The number of esters is 1. The Kier molecular flexibility index (Phi) is 4.99. The molecule has 1 aliphatic carbocycles. The zero-order valence-corrected chi connectivity index (χ0v) is 12.9. The Balaban J connectivity index is 2.01. The van der Waals surface area contributed by atoms with Gasteiger partial charge in [0.2, 0.25) is 0 Å². The van der Waals surface area contributed by atoms with E-state index < -0.39 is 12.1 Å². The molecule has 1 atom stereocenters. The average Bonchev–Trinajstić information content (AvgIpc) is 2.45. The molecule has 0 heterocycles. The number of hydrogen-bond donors (Lipinski definition) is 1. The van der Waals surface area contributed by atoms with Crippen LogP contribution in [0, 0.1) is 0 Å². The van der Waals surface area contributed by atoms with Gasteiger partial charge in [-0.2, -0.15) is 0 Å². The monoisotopic (exact) mass is 289 g/mol. The van der Waals surface area contributed by atoms with Crippen molar-refractivity contribution in [3.63, 3.8) is 0 Å². The van der Waals surface area contributed by atoms with E-state index in [-0.39, 0.29) is 11.9 Å². The second-order valence-corrected chi connectivity index (χ2v) is 5.90. The van der Waals surface area contributed by atoms with E-state index in [1.54, 1.807) is 13.0 Å². The molecule has 0 unspecified atom stereocenters. The first-order valence-electron chi connectivity index (χ1n) is 7.60. The number of rotatable bonds is 4. The Morgan fingerprint density at radius 1 is 1.10 bits per heavy atom. The van der Waals surface area contributed by atoms with Gasteiger partial charge < -0.3 is 10.1 Å². The third-order valence-electron chi connectivity index (χ3n) is 3.67. The van der Waals surface area contributed by atoms with Crippen molar-refractivity contribution in [2.75, 3.05) is 0 Å². The summed E-state index contributed by atoms with van der Waals surface area (Å²) in [6.07, 6.45) is 3.69. The molecule has 4 nitrogen and oxygen atoms in total. The average molecular weight is 289 g/mol. The first-order valence-corrected chi connectivity index (χ1v) is 7.60. The highest BCUT2D eigenvalue weighted by atomic mass is 16.5. The number of amides is 1. The second kappa shape index (κ2) is 6.74. The smallest absolute Gasteiger partial charge is 0.338 e. The summed E-state index contributed by atoms with van der Waals surface area (Å²) in [5.41, 5.74) is 3.08. The molecule has 0 aliphatic heterocycles. The largest absolute Gasteiger partial charge is 0.449 e. The SMILES string of the molecule is CC(C)NC(=O)[C@H](C)OC(=O)c1ccc2c(c1)CCCC2. The lowest BCUT2D eigenvalue weighted by molar-refractivity contribution is -0.129. The van der Waals surface area contributed by atoms with E-state index in [0.717, 1.165) is 12.8 Å². The Hall–Kier alpha value is -1.84. The summed E-state index contributed by atoms with van der Waals surface area (Å²) >= 11 is 0. The Labute approximate surface area is 125 Å². The van der Waals surface area contributed by atoms with E-state index in [1.165, 1.54) is 24.0 Å². The molecule has 2 rings (SSSR count). The first-order chi connectivity index (χ1) is 9.97. The predicted octanol–water partition coefficient (Wildman–Crippen LogP) is 2.64. The Bertz CT molecular complexity index is 537. The molecule has 1 amide bonds. The zero-order valence-electron chi connectivity index (χ0n) is 12.9. The van der Waals surface area contributed by atoms with Crippen molar-refractivity contribution in [1.82, 2.24) is 5.32 Å². The minimum atomic E-state index is -0.782. The van der Waals surface area contributed by atoms with E-state index in [2.05, 4.69) is 5.32 Å². The normalized spacial score (nSPS) is 15.2.